The zero-order chi connectivity index (χ0) is 24.1. The Hall–Kier alpha value is -0.593. The molecule has 0 atom stereocenters. The van der Waals surface area contributed by atoms with Gasteiger partial charge in [0.2, 0.25) is 0 Å². The average Bonchev–Trinajstić information content (AvgIpc) is 2.70. The van der Waals surface area contributed by atoms with Crippen LogP contribution in [-0.4, -0.2) is 107 Å². The molecule has 0 saturated carbocycles. The maximum atomic E-state index is 10.6. The summed E-state index contributed by atoms with van der Waals surface area (Å²) < 4.78 is 43.3. The molecule has 0 rings (SSSR count). The van der Waals surface area contributed by atoms with E-state index in [1.165, 1.54) is 6.92 Å². The van der Waals surface area contributed by atoms with Crippen LogP contribution in [0, 0.1) is 0 Å². The Morgan fingerprint density at radius 1 is 0.562 bits per heavy atom. The molecular formula is C22H46O9Si. The van der Waals surface area contributed by atoms with E-state index in [0.29, 0.717) is 85.9 Å². The van der Waals surface area contributed by atoms with Crippen LogP contribution in [0.5, 0.6) is 0 Å². The van der Waals surface area contributed by atoms with Crippen molar-refractivity contribution in [1.29, 1.82) is 0 Å². The van der Waals surface area contributed by atoms with Crippen molar-refractivity contribution >= 4 is 14.3 Å². The van der Waals surface area contributed by atoms with Crippen LogP contribution in [0.4, 0.5) is 0 Å². The van der Waals surface area contributed by atoms with E-state index in [1.807, 2.05) is 0 Å². The normalized spacial score (nSPS) is 12.3. The Labute approximate surface area is 195 Å². The zero-order valence-electron chi connectivity index (χ0n) is 21.1. The van der Waals surface area contributed by atoms with Gasteiger partial charge in [-0.2, -0.15) is 0 Å². The highest BCUT2D eigenvalue weighted by atomic mass is 28.4. The van der Waals surface area contributed by atoms with E-state index in [0.717, 1.165) is 0 Å². The average molecular weight is 483 g/mol. The fourth-order valence-corrected chi connectivity index (χ4v) is 3.04. The van der Waals surface area contributed by atoms with Crippen molar-refractivity contribution in [2.45, 2.75) is 45.8 Å². The lowest BCUT2D eigenvalue weighted by molar-refractivity contribution is -0.142. The molecule has 0 aliphatic rings. The van der Waals surface area contributed by atoms with Crippen molar-refractivity contribution in [1.82, 2.24) is 0 Å². The monoisotopic (exact) mass is 482 g/mol. The summed E-state index contributed by atoms with van der Waals surface area (Å²) >= 11 is 0. The lowest BCUT2D eigenvalue weighted by Crippen LogP contribution is -2.41. The van der Waals surface area contributed by atoms with Crippen LogP contribution >= 0.6 is 0 Å². The van der Waals surface area contributed by atoms with Gasteiger partial charge in [-0.1, -0.05) is 20.8 Å². The molecule has 0 N–H and O–H groups in total. The lowest BCUT2D eigenvalue weighted by Gasteiger charge is -2.36. The minimum atomic E-state index is -1.69. The van der Waals surface area contributed by atoms with Gasteiger partial charge in [0, 0.05) is 6.92 Å². The molecule has 0 heterocycles. The highest BCUT2D eigenvalue weighted by Crippen LogP contribution is 2.36. The first kappa shape index (κ1) is 31.4. The fourth-order valence-electron chi connectivity index (χ4n) is 2.02. The summed E-state index contributed by atoms with van der Waals surface area (Å²) in [5, 5.41) is 0.221. The molecule has 32 heavy (non-hydrogen) atoms. The molecule has 0 unspecified atom stereocenters. The molecule has 0 fully saturated rings. The van der Waals surface area contributed by atoms with Gasteiger partial charge in [0.05, 0.1) is 85.9 Å². The smallest absolute Gasteiger partial charge is 0.302 e. The van der Waals surface area contributed by atoms with Crippen molar-refractivity contribution in [3.63, 3.8) is 0 Å². The largest absolute Gasteiger partial charge is 0.463 e. The number of carbonyl (C=O) groups excluding carboxylic acids is 1. The summed E-state index contributed by atoms with van der Waals surface area (Å²) in [7, 11) is -1.69. The van der Waals surface area contributed by atoms with Crippen molar-refractivity contribution in [2.24, 2.45) is 0 Å². The van der Waals surface area contributed by atoms with Crippen molar-refractivity contribution < 1.29 is 42.4 Å². The van der Waals surface area contributed by atoms with Crippen LogP contribution < -0.4 is 0 Å². The third kappa shape index (κ3) is 20.0. The number of esters is 1. The minimum absolute atomic E-state index is 0.221. The summed E-state index contributed by atoms with van der Waals surface area (Å²) in [5.41, 5.74) is 0. The van der Waals surface area contributed by atoms with Crippen molar-refractivity contribution in [3.8, 4) is 0 Å². The van der Waals surface area contributed by atoms with Gasteiger partial charge >= 0.3 is 5.97 Å². The predicted octanol–water partition coefficient (Wildman–Crippen LogP) is 2.67. The molecule has 0 aliphatic heterocycles. The van der Waals surface area contributed by atoms with Crippen molar-refractivity contribution in [3.05, 3.63) is 0 Å². The second-order valence-electron chi connectivity index (χ2n) is 8.62. The van der Waals surface area contributed by atoms with E-state index in [-0.39, 0.29) is 17.6 Å². The maximum Gasteiger partial charge on any atom is 0.302 e. The Kier molecular flexibility index (Phi) is 19.5. The lowest BCUT2D eigenvalue weighted by atomic mass is 10.2. The molecule has 0 bridgehead atoms. The molecule has 0 radical (unpaired) electrons. The van der Waals surface area contributed by atoms with Gasteiger partial charge in [-0.05, 0) is 18.1 Å². The summed E-state index contributed by atoms with van der Waals surface area (Å²) in [6, 6.07) is 0. The summed E-state index contributed by atoms with van der Waals surface area (Å²) in [4.78, 5) is 10.6. The van der Waals surface area contributed by atoms with Crippen molar-refractivity contribution in [2.75, 3.05) is 92.5 Å². The van der Waals surface area contributed by atoms with Gasteiger partial charge in [0.25, 0.3) is 0 Å². The molecular weight excluding hydrogens is 436 g/mol. The number of hydrogen-bond acceptors (Lipinski definition) is 9. The minimum Gasteiger partial charge on any atom is -0.463 e. The molecule has 10 heteroatoms. The van der Waals surface area contributed by atoms with Crippen LogP contribution in [0.1, 0.15) is 27.7 Å². The number of hydrogen-bond donors (Lipinski definition) is 0. The molecule has 0 aromatic rings. The molecule has 0 aliphatic carbocycles. The predicted molar refractivity (Wildman–Crippen MR) is 125 cm³/mol. The third-order valence-corrected chi connectivity index (χ3v) is 9.43. The Bertz CT molecular complexity index is 442. The SMILES string of the molecule is CC(=O)OCCOCCOCCOCCOCCOCCOCCO[Si](C)(C)C(C)(C)C. The molecule has 9 nitrogen and oxygen atoms in total. The quantitative estimate of drug-likeness (QED) is 0.131. The third-order valence-electron chi connectivity index (χ3n) is 4.89. The van der Waals surface area contributed by atoms with Gasteiger partial charge < -0.3 is 37.6 Å². The molecule has 0 amide bonds. The van der Waals surface area contributed by atoms with Crippen LogP contribution in [-0.2, 0) is 42.4 Å². The Morgan fingerprint density at radius 3 is 1.12 bits per heavy atom. The van der Waals surface area contributed by atoms with Gasteiger partial charge in [-0.25, -0.2) is 0 Å². The highest BCUT2D eigenvalue weighted by Gasteiger charge is 2.36. The van der Waals surface area contributed by atoms with Gasteiger partial charge in [-0.3, -0.25) is 4.79 Å². The van der Waals surface area contributed by atoms with E-state index in [2.05, 4.69) is 33.9 Å². The summed E-state index contributed by atoms with van der Waals surface area (Å²) in [6.07, 6.45) is 0. The molecule has 0 spiro atoms. The Morgan fingerprint density at radius 2 is 0.844 bits per heavy atom. The first-order valence-corrected chi connectivity index (χ1v) is 14.3. The maximum absolute atomic E-state index is 10.6. The first-order valence-electron chi connectivity index (χ1n) is 11.4. The summed E-state index contributed by atoms with van der Waals surface area (Å²) in [6.45, 7) is 19.5. The molecule has 0 aromatic carbocycles. The standard InChI is InChI=1S/C22H46O9Si/c1-21(23)30-19-17-28-15-13-26-11-9-24-7-8-25-10-12-27-14-16-29-18-20-31-32(5,6)22(2,3)4/h7-20H2,1-6H3. The number of carbonyl (C=O) groups is 1. The fraction of sp³-hybridized carbons (Fsp3) is 0.955. The van der Waals surface area contributed by atoms with Gasteiger partial charge in [0.15, 0.2) is 8.32 Å². The number of rotatable bonds is 22. The topological polar surface area (TPSA) is 90.9 Å². The van der Waals surface area contributed by atoms with E-state index in [9.17, 15) is 4.79 Å². The van der Waals surface area contributed by atoms with E-state index in [1.54, 1.807) is 0 Å². The second-order valence-corrected chi connectivity index (χ2v) is 13.4. The molecule has 0 saturated heterocycles. The van der Waals surface area contributed by atoms with Crippen LogP contribution in [0.15, 0.2) is 0 Å². The van der Waals surface area contributed by atoms with E-state index < -0.39 is 8.32 Å². The zero-order valence-corrected chi connectivity index (χ0v) is 22.1. The van der Waals surface area contributed by atoms with Crippen LogP contribution in [0.2, 0.25) is 18.1 Å². The summed E-state index contributed by atoms with van der Waals surface area (Å²) in [5.74, 6) is -0.303. The van der Waals surface area contributed by atoms with E-state index in [4.69, 9.17) is 37.6 Å². The van der Waals surface area contributed by atoms with Crippen LogP contribution in [0.3, 0.4) is 0 Å². The molecule has 192 valence electrons. The van der Waals surface area contributed by atoms with Crippen LogP contribution in [0.25, 0.3) is 0 Å². The van der Waals surface area contributed by atoms with E-state index >= 15 is 0 Å². The number of ether oxygens (including phenoxy) is 7. The van der Waals surface area contributed by atoms with Gasteiger partial charge in [0.1, 0.15) is 6.61 Å². The highest BCUT2D eigenvalue weighted by molar-refractivity contribution is 6.74. The molecule has 0 aromatic heterocycles. The first-order chi connectivity index (χ1) is 15.2. The second kappa shape index (κ2) is 19.8. The van der Waals surface area contributed by atoms with Gasteiger partial charge in [-0.15, -0.1) is 0 Å². The Balaban J connectivity index is 3.17.